The molecule has 0 saturated carbocycles. The summed E-state index contributed by atoms with van der Waals surface area (Å²) in [5.74, 6) is -1.20. The van der Waals surface area contributed by atoms with Gasteiger partial charge in [-0.2, -0.15) is 0 Å². The molecule has 4 rings (SSSR count). The summed E-state index contributed by atoms with van der Waals surface area (Å²) >= 11 is 0. The van der Waals surface area contributed by atoms with E-state index in [2.05, 4.69) is 26.0 Å². The zero-order chi connectivity index (χ0) is 19.7. The summed E-state index contributed by atoms with van der Waals surface area (Å²) in [6, 6.07) is 15.1. The van der Waals surface area contributed by atoms with Crippen LogP contribution in [0.25, 0.3) is 5.52 Å². The van der Waals surface area contributed by atoms with Gasteiger partial charge in [0.1, 0.15) is 5.69 Å². The van der Waals surface area contributed by atoms with Crippen LogP contribution in [0.5, 0.6) is 0 Å². The monoisotopic (exact) mass is 391 g/mol. The molecule has 1 N–H and O–H groups in total. The van der Waals surface area contributed by atoms with Crippen LogP contribution in [0.3, 0.4) is 0 Å². The second-order valence-corrected chi connectivity index (χ2v) is 7.63. The Balaban J connectivity index is 1.48. The molecule has 2 aromatic heterocycles. The number of hydrogen-bond donors (Lipinski definition) is 1. The molecule has 3 heterocycles. The Morgan fingerprint density at radius 1 is 1.04 bits per heavy atom. The number of nitrogens with zero attached hydrogens (tertiary/aromatic N) is 2. The number of Topliss-reactive ketones (excluding diaryl/α,β-unsaturated/α-hetero) is 1. The molecule has 1 fully saturated rings. The van der Waals surface area contributed by atoms with Gasteiger partial charge in [-0.1, -0.05) is 18.2 Å². The second kappa shape index (κ2) is 7.61. The van der Waals surface area contributed by atoms with E-state index in [-0.39, 0.29) is 0 Å². The van der Waals surface area contributed by atoms with Crippen molar-refractivity contribution in [2.45, 2.75) is 12.8 Å². The fourth-order valence-electron chi connectivity index (χ4n) is 3.52. The Hall–Kier alpha value is -2.91. The van der Waals surface area contributed by atoms with Crippen LogP contribution in [0.4, 0.5) is 11.4 Å². The molecule has 5 nitrogen and oxygen atoms in total. The van der Waals surface area contributed by atoms with Crippen molar-refractivity contribution < 1.29 is 9.59 Å². The number of anilines is 2. The van der Waals surface area contributed by atoms with Crippen molar-refractivity contribution in [3.8, 4) is 0 Å². The first kappa shape index (κ1) is 18.5. The van der Waals surface area contributed by atoms with Crippen molar-refractivity contribution in [3.05, 3.63) is 72.6 Å². The molecule has 0 aliphatic carbocycles. The first-order valence-corrected chi connectivity index (χ1v) is 9.83. The lowest BCUT2D eigenvalue weighted by Gasteiger charge is -2.30. The van der Waals surface area contributed by atoms with Crippen molar-refractivity contribution in [3.63, 3.8) is 0 Å². The van der Waals surface area contributed by atoms with E-state index in [0.717, 1.165) is 37.1 Å². The second-order valence-electron chi connectivity index (χ2n) is 7.01. The van der Waals surface area contributed by atoms with Crippen molar-refractivity contribution in [1.29, 1.82) is 0 Å². The van der Waals surface area contributed by atoms with E-state index < -0.39 is 11.7 Å². The van der Waals surface area contributed by atoms with E-state index in [1.54, 1.807) is 10.6 Å². The Morgan fingerprint density at radius 3 is 2.46 bits per heavy atom. The molecule has 6 heteroatoms. The predicted octanol–water partition coefficient (Wildman–Crippen LogP) is 3.42. The molecular weight excluding hydrogens is 369 g/mol. The first-order valence-electron chi connectivity index (χ1n) is 9.26. The largest absolute Gasteiger partial charge is 0.371 e. The zero-order valence-corrected chi connectivity index (χ0v) is 16.7. The molecule has 1 unspecified atom stereocenters. The van der Waals surface area contributed by atoms with Crippen LogP contribution in [-0.2, 0) is 4.79 Å². The molecule has 1 amide bonds. The Kier molecular flexibility index (Phi) is 5.01. The SMILES string of the molecule is C=C1CCN(c2ccc(NC(=O)C(=O)c3c(P)cc4ccccn34)cc2)CC1. The van der Waals surface area contributed by atoms with E-state index in [1.165, 1.54) is 5.57 Å². The fourth-order valence-corrected chi connectivity index (χ4v) is 3.96. The highest BCUT2D eigenvalue weighted by atomic mass is 31.0. The number of aromatic nitrogens is 1. The van der Waals surface area contributed by atoms with Gasteiger partial charge in [-0.15, -0.1) is 9.24 Å². The van der Waals surface area contributed by atoms with Crippen LogP contribution in [0.2, 0.25) is 0 Å². The van der Waals surface area contributed by atoms with E-state index in [4.69, 9.17) is 0 Å². The van der Waals surface area contributed by atoms with Gasteiger partial charge in [-0.25, -0.2) is 0 Å². The van der Waals surface area contributed by atoms with Gasteiger partial charge in [-0.05, 0) is 55.3 Å². The average molecular weight is 391 g/mol. The molecule has 1 aliphatic rings. The highest BCUT2D eigenvalue weighted by Crippen LogP contribution is 2.23. The highest BCUT2D eigenvalue weighted by Gasteiger charge is 2.22. The number of ketones is 1. The standard InChI is InChI=1S/C22H22N3O2P/c1-15-9-12-24(13-10-15)17-7-5-16(6-8-17)23-22(27)21(26)20-19(28)14-18-4-2-3-11-25(18)20/h2-8,11,14H,1,9-10,12-13,28H2,(H,23,27). The Bertz CT molecular complexity index is 1060. The summed E-state index contributed by atoms with van der Waals surface area (Å²) in [5, 5.41) is 3.42. The van der Waals surface area contributed by atoms with Crippen molar-refractivity contribution in [2.75, 3.05) is 23.3 Å². The molecule has 1 saturated heterocycles. The lowest BCUT2D eigenvalue weighted by atomic mass is 10.1. The predicted molar refractivity (Wildman–Crippen MR) is 117 cm³/mol. The maximum Gasteiger partial charge on any atom is 0.298 e. The van der Waals surface area contributed by atoms with Gasteiger partial charge in [0.15, 0.2) is 0 Å². The molecule has 142 valence electrons. The molecule has 0 radical (unpaired) electrons. The van der Waals surface area contributed by atoms with Crippen LogP contribution in [0, 0.1) is 0 Å². The van der Waals surface area contributed by atoms with Gasteiger partial charge >= 0.3 is 0 Å². The number of benzene rings is 1. The molecular formula is C22H22N3O2P. The maximum atomic E-state index is 12.7. The molecule has 1 aliphatic heterocycles. The van der Waals surface area contributed by atoms with Gasteiger partial charge in [0.25, 0.3) is 11.7 Å². The normalized spacial score (nSPS) is 14.3. The number of piperidine rings is 1. The minimum absolute atomic E-state index is 0.364. The van der Waals surface area contributed by atoms with Crippen LogP contribution in [-0.4, -0.2) is 29.2 Å². The Morgan fingerprint density at radius 2 is 1.75 bits per heavy atom. The van der Waals surface area contributed by atoms with E-state index in [9.17, 15) is 9.59 Å². The third-order valence-corrected chi connectivity index (χ3v) is 5.53. The van der Waals surface area contributed by atoms with Crippen LogP contribution in [0.15, 0.2) is 66.9 Å². The summed E-state index contributed by atoms with van der Waals surface area (Å²) in [7, 11) is 2.53. The number of amides is 1. The molecule has 3 aromatic rings. The van der Waals surface area contributed by atoms with Gasteiger partial charge in [0.05, 0.1) is 0 Å². The number of pyridine rings is 1. The van der Waals surface area contributed by atoms with Crippen molar-refractivity contribution in [2.24, 2.45) is 0 Å². The summed E-state index contributed by atoms with van der Waals surface area (Å²) in [4.78, 5) is 27.6. The minimum Gasteiger partial charge on any atom is -0.371 e. The highest BCUT2D eigenvalue weighted by molar-refractivity contribution is 7.27. The molecule has 1 atom stereocenters. The molecule has 0 bridgehead atoms. The number of rotatable bonds is 4. The number of fused-ring (bicyclic) bond motifs is 1. The maximum absolute atomic E-state index is 12.7. The minimum atomic E-state index is -0.644. The van der Waals surface area contributed by atoms with Crippen molar-refractivity contribution >= 4 is 43.1 Å². The zero-order valence-electron chi connectivity index (χ0n) is 15.5. The number of nitrogens with one attached hydrogen (secondary N) is 1. The van der Waals surface area contributed by atoms with Gasteiger partial charge in [0.2, 0.25) is 0 Å². The van der Waals surface area contributed by atoms with E-state index in [1.807, 2.05) is 48.5 Å². The third kappa shape index (κ3) is 3.58. The number of hydrogen-bond acceptors (Lipinski definition) is 3. The number of carbonyl (C=O) groups excluding carboxylic acids is 2. The quantitative estimate of drug-likeness (QED) is 0.321. The topological polar surface area (TPSA) is 53.8 Å². The molecule has 28 heavy (non-hydrogen) atoms. The number of carbonyl (C=O) groups is 2. The van der Waals surface area contributed by atoms with E-state index in [0.29, 0.717) is 16.7 Å². The summed E-state index contributed by atoms with van der Waals surface area (Å²) in [6.07, 6.45) is 3.80. The fraction of sp³-hybridized carbons (Fsp3) is 0.182. The third-order valence-electron chi connectivity index (χ3n) is 5.09. The van der Waals surface area contributed by atoms with Crippen LogP contribution < -0.4 is 15.5 Å². The van der Waals surface area contributed by atoms with E-state index >= 15 is 0 Å². The molecule has 0 spiro atoms. The van der Waals surface area contributed by atoms with Gasteiger partial charge in [0, 0.05) is 41.5 Å². The lowest BCUT2D eigenvalue weighted by molar-refractivity contribution is -0.112. The van der Waals surface area contributed by atoms with Crippen LogP contribution >= 0.6 is 9.24 Å². The van der Waals surface area contributed by atoms with Gasteiger partial charge < -0.3 is 14.6 Å². The van der Waals surface area contributed by atoms with Gasteiger partial charge in [-0.3, -0.25) is 9.59 Å². The smallest absolute Gasteiger partial charge is 0.298 e. The average Bonchev–Trinajstić information content (AvgIpc) is 3.04. The Labute approximate surface area is 166 Å². The molecule has 1 aromatic carbocycles. The summed E-state index contributed by atoms with van der Waals surface area (Å²) in [5.41, 5.74) is 4.25. The summed E-state index contributed by atoms with van der Waals surface area (Å²) < 4.78 is 1.73. The lowest BCUT2D eigenvalue weighted by Crippen LogP contribution is -2.30. The van der Waals surface area contributed by atoms with Crippen molar-refractivity contribution in [1.82, 2.24) is 4.40 Å². The first-order chi connectivity index (χ1) is 13.5. The summed E-state index contributed by atoms with van der Waals surface area (Å²) in [6.45, 7) is 5.96. The van der Waals surface area contributed by atoms with Crippen LogP contribution in [0.1, 0.15) is 23.3 Å².